The molecule has 1 heterocycles. The molecule has 27 heavy (non-hydrogen) atoms. The fraction of sp³-hybridized carbons (Fsp3) is 0.238. The SMILES string of the molecule is Cc1ccc(OCCCC(=O)NNC(=O)c2oc3ccccc3c2C)cc1. The van der Waals surface area contributed by atoms with Crippen molar-refractivity contribution in [2.24, 2.45) is 0 Å². The van der Waals surface area contributed by atoms with Gasteiger partial charge in [-0.05, 0) is 38.5 Å². The van der Waals surface area contributed by atoms with Gasteiger partial charge in [0.1, 0.15) is 11.3 Å². The number of carbonyl (C=O) groups is 2. The number of hydrogen-bond donors (Lipinski definition) is 2. The molecule has 0 saturated heterocycles. The van der Waals surface area contributed by atoms with E-state index in [0.29, 0.717) is 18.6 Å². The predicted octanol–water partition coefficient (Wildman–Crippen LogP) is 3.67. The summed E-state index contributed by atoms with van der Waals surface area (Å²) in [7, 11) is 0. The summed E-state index contributed by atoms with van der Waals surface area (Å²) >= 11 is 0. The van der Waals surface area contributed by atoms with Crippen LogP contribution >= 0.6 is 0 Å². The van der Waals surface area contributed by atoms with E-state index < -0.39 is 5.91 Å². The van der Waals surface area contributed by atoms with Gasteiger partial charge in [0.05, 0.1) is 6.61 Å². The molecule has 0 fully saturated rings. The molecule has 6 nitrogen and oxygen atoms in total. The van der Waals surface area contributed by atoms with Gasteiger partial charge in [-0.25, -0.2) is 0 Å². The van der Waals surface area contributed by atoms with Crippen LogP contribution in [0.15, 0.2) is 52.9 Å². The summed E-state index contributed by atoms with van der Waals surface area (Å²) in [6.45, 7) is 4.24. The lowest BCUT2D eigenvalue weighted by molar-refractivity contribution is -0.122. The van der Waals surface area contributed by atoms with Crippen molar-refractivity contribution in [3.05, 3.63) is 65.4 Å². The maximum atomic E-state index is 12.2. The molecule has 0 unspecified atom stereocenters. The molecule has 2 amide bonds. The fourth-order valence-corrected chi connectivity index (χ4v) is 2.69. The third kappa shape index (κ3) is 4.67. The van der Waals surface area contributed by atoms with Crippen molar-refractivity contribution in [3.63, 3.8) is 0 Å². The Morgan fingerprint density at radius 3 is 2.48 bits per heavy atom. The Kier molecular flexibility index (Phi) is 5.76. The highest BCUT2D eigenvalue weighted by Crippen LogP contribution is 2.24. The largest absolute Gasteiger partial charge is 0.494 e. The molecular weight excluding hydrogens is 344 g/mol. The topological polar surface area (TPSA) is 80.6 Å². The van der Waals surface area contributed by atoms with Crippen molar-refractivity contribution in [2.75, 3.05) is 6.61 Å². The minimum Gasteiger partial charge on any atom is -0.494 e. The Morgan fingerprint density at radius 1 is 1.00 bits per heavy atom. The molecule has 0 radical (unpaired) electrons. The second-order valence-corrected chi connectivity index (χ2v) is 6.32. The van der Waals surface area contributed by atoms with Gasteiger partial charge in [0.25, 0.3) is 0 Å². The van der Waals surface area contributed by atoms with Crippen LogP contribution in [0.3, 0.4) is 0 Å². The molecule has 0 spiro atoms. The minimum absolute atomic E-state index is 0.194. The number of carbonyl (C=O) groups excluding carboxylic acids is 2. The van der Waals surface area contributed by atoms with Crippen LogP contribution in [0.5, 0.6) is 5.75 Å². The van der Waals surface area contributed by atoms with Gasteiger partial charge in [0, 0.05) is 17.4 Å². The minimum atomic E-state index is -0.479. The Balaban J connectivity index is 1.42. The number of hydrogen-bond acceptors (Lipinski definition) is 4. The predicted molar refractivity (Wildman–Crippen MR) is 102 cm³/mol. The zero-order valence-electron chi connectivity index (χ0n) is 15.4. The summed E-state index contributed by atoms with van der Waals surface area (Å²) in [5.41, 5.74) is 7.34. The number of para-hydroxylation sites is 1. The first-order valence-corrected chi connectivity index (χ1v) is 8.81. The molecule has 140 valence electrons. The molecule has 3 rings (SSSR count). The van der Waals surface area contributed by atoms with Gasteiger partial charge in [0.15, 0.2) is 5.76 Å². The summed E-state index contributed by atoms with van der Waals surface area (Å²) < 4.78 is 11.1. The van der Waals surface area contributed by atoms with Crippen molar-refractivity contribution in [1.29, 1.82) is 0 Å². The Hall–Kier alpha value is -3.28. The smallest absolute Gasteiger partial charge is 0.305 e. The van der Waals surface area contributed by atoms with Crippen molar-refractivity contribution in [2.45, 2.75) is 26.7 Å². The van der Waals surface area contributed by atoms with Gasteiger partial charge in [0.2, 0.25) is 5.91 Å². The quantitative estimate of drug-likeness (QED) is 0.515. The van der Waals surface area contributed by atoms with Crippen molar-refractivity contribution < 1.29 is 18.7 Å². The number of ether oxygens (including phenoxy) is 1. The average Bonchev–Trinajstić information content (AvgIpc) is 3.02. The lowest BCUT2D eigenvalue weighted by Crippen LogP contribution is -2.41. The van der Waals surface area contributed by atoms with Crippen molar-refractivity contribution >= 4 is 22.8 Å². The molecule has 2 N–H and O–H groups in total. The van der Waals surface area contributed by atoms with Gasteiger partial charge in [-0.3, -0.25) is 20.4 Å². The van der Waals surface area contributed by atoms with E-state index in [1.54, 1.807) is 6.07 Å². The number of fused-ring (bicyclic) bond motifs is 1. The molecule has 6 heteroatoms. The van der Waals surface area contributed by atoms with Crippen LogP contribution in [0.2, 0.25) is 0 Å². The normalized spacial score (nSPS) is 10.6. The summed E-state index contributed by atoms with van der Waals surface area (Å²) in [5, 5.41) is 0.877. The standard InChI is InChI=1S/C21H22N2O4/c1-14-9-11-16(12-10-14)26-13-5-8-19(24)22-23-21(25)20-15(2)17-6-3-4-7-18(17)27-20/h3-4,6-7,9-12H,5,8,13H2,1-2H3,(H,22,24)(H,23,25). The van der Waals surface area contributed by atoms with E-state index in [4.69, 9.17) is 9.15 Å². The molecule has 0 aliphatic rings. The van der Waals surface area contributed by atoms with E-state index in [-0.39, 0.29) is 18.1 Å². The summed E-state index contributed by atoms with van der Waals surface area (Å²) in [6.07, 6.45) is 0.782. The molecule has 0 aliphatic heterocycles. The second-order valence-electron chi connectivity index (χ2n) is 6.32. The van der Waals surface area contributed by atoms with E-state index in [0.717, 1.165) is 22.3 Å². The monoisotopic (exact) mass is 366 g/mol. The van der Waals surface area contributed by atoms with Crippen LogP contribution < -0.4 is 15.6 Å². The third-order valence-electron chi connectivity index (χ3n) is 4.20. The van der Waals surface area contributed by atoms with E-state index in [2.05, 4.69) is 10.9 Å². The second kappa shape index (κ2) is 8.40. The van der Waals surface area contributed by atoms with Crippen LogP contribution in [-0.4, -0.2) is 18.4 Å². The zero-order chi connectivity index (χ0) is 19.2. The number of amides is 2. The fourth-order valence-electron chi connectivity index (χ4n) is 2.69. The molecule has 2 aromatic carbocycles. The summed E-state index contributed by atoms with van der Waals surface area (Å²) in [6, 6.07) is 15.1. The summed E-state index contributed by atoms with van der Waals surface area (Å²) in [4.78, 5) is 24.1. The van der Waals surface area contributed by atoms with Gasteiger partial charge < -0.3 is 9.15 Å². The van der Waals surface area contributed by atoms with Gasteiger partial charge >= 0.3 is 5.91 Å². The van der Waals surface area contributed by atoms with E-state index >= 15 is 0 Å². The van der Waals surface area contributed by atoms with Crippen molar-refractivity contribution in [3.8, 4) is 5.75 Å². The van der Waals surface area contributed by atoms with Crippen LogP contribution in [0.4, 0.5) is 0 Å². The molecule has 0 atom stereocenters. The maximum absolute atomic E-state index is 12.2. The Bertz CT molecular complexity index is 944. The lowest BCUT2D eigenvalue weighted by atomic mass is 10.1. The molecule has 0 aliphatic carbocycles. The van der Waals surface area contributed by atoms with Gasteiger partial charge in [-0.2, -0.15) is 0 Å². The van der Waals surface area contributed by atoms with Gasteiger partial charge in [-0.15, -0.1) is 0 Å². The lowest BCUT2D eigenvalue weighted by Gasteiger charge is -2.08. The van der Waals surface area contributed by atoms with Gasteiger partial charge in [-0.1, -0.05) is 35.9 Å². The molecule has 0 bridgehead atoms. The maximum Gasteiger partial charge on any atom is 0.305 e. The number of nitrogens with one attached hydrogen (secondary N) is 2. The highest BCUT2D eigenvalue weighted by Gasteiger charge is 2.17. The van der Waals surface area contributed by atoms with Crippen LogP contribution in [0.1, 0.15) is 34.5 Å². The number of furan rings is 1. The number of hydrazine groups is 1. The number of rotatable bonds is 6. The number of aryl methyl sites for hydroxylation is 2. The first kappa shape index (κ1) is 18.5. The molecule has 1 aromatic heterocycles. The first-order valence-electron chi connectivity index (χ1n) is 8.81. The Labute approximate surface area is 157 Å². The molecular formula is C21H22N2O4. The van der Waals surface area contributed by atoms with Crippen LogP contribution in [-0.2, 0) is 4.79 Å². The van der Waals surface area contributed by atoms with Crippen LogP contribution in [0.25, 0.3) is 11.0 Å². The molecule has 0 saturated carbocycles. The van der Waals surface area contributed by atoms with Crippen molar-refractivity contribution in [1.82, 2.24) is 10.9 Å². The molecule has 3 aromatic rings. The average molecular weight is 366 g/mol. The Morgan fingerprint density at radius 2 is 1.74 bits per heavy atom. The summed E-state index contributed by atoms with van der Waals surface area (Å²) in [5.74, 6) is 0.200. The van der Waals surface area contributed by atoms with E-state index in [9.17, 15) is 9.59 Å². The number of benzene rings is 2. The highest BCUT2D eigenvalue weighted by molar-refractivity contribution is 5.99. The van der Waals surface area contributed by atoms with E-state index in [1.807, 2.05) is 56.3 Å². The van der Waals surface area contributed by atoms with Crippen LogP contribution in [0, 0.1) is 13.8 Å². The van der Waals surface area contributed by atoms with E-state index in [1.165, 1.54) is 0 Å². The third-order valence-corrected chi connectivity index (χ3v) is 4.20. The zero-order valence-corrected chi connectivity index (χ0v) is 15.4. The first-order chi connectivity index (χ1) is 13.0. The highest BCUT2D eigenvalue weighted by atomic mass is 16.5.